The largest absolute Gasteiger partial charge is 0.433 e. The molecule has 2 amide bonds. The van der Waals surface area contributed by atoms with Crippen LogP contribution in [0.2, 0.25) is 0 Å². The molecule has 0 bridgehead atoms. The lowest BCUT2D eigenvalue weighted by Gasteiger charge is -2.36. The summed E-state index contributed by atoms with van der Waals surface area (Å²) in [4.78, 5) is 42.6. The van der Waals surface area contributed by atoms with Crippen molar-refractivity contribution < 1.29 is 22.8 Å². The van der Waals surface area contributed by atoms with Crippen LogP contribution in [0.15, 0.2) is 47.9 Å². The number of piperazine rings is 1. The lowest BCUT2D eigenvalue weighted by atomic mass is 9.81. The van der Waals surface area contributed by atoms with Gasteiger partial charge < -0.3 is 9.80 Å². The number of aryl methyl sites for hydroxylation is 1. The number of nitrogens with zero attached hydrogens (tertiary/aromatic N) is 6. The van der Waals surface area contributed by atoms with Gasteiger partial charge in [-0.1, -0.05) is 38.0 Å². The molecule has 3 aromatic rings. The molecular weight excluding hydrogens is 569 g/mol. The van der Waals surface area contributed by atoms with Gasteiger partial charge in [-0.3, -0.25) is 24.0 Å². The molecule has 0 atom stereocenters. The number of alkyl halides is 3. The fourth-order valence-corrected chi connectivity index (χ4v) is 6.68. The van der Waals surface area contributed by atoms with Crippen LogP contribution >= 0.6 is 0 Å². The van der Waals surface area contributed by atoms with Crippen molar-refractivity contribution in [2.24, 2.45) is 16.8 Å². The number of hydrogen-bond donors (Lipinski definition) is 0. The van der Waals surface area contributed by atoms with Crippen LogP contribution in [0, 0.1) is 18.8 Å². The summed E-state index contributed by atoms with van der Waals surface area (Å²) >= 11 is 0. The highest BCUT2D eigenvalue weighted by Gasteiger charge is 2.40. The van der Waals surface area contributed by atoms with Gasteiger partial charge in [-0.25, -0.2) is 4.98 Å². The van der Waals surface area contributed by atoms with Crippen molar-refractivity contribution in [1.82, 2.24) is 24.2 Å². The number of allylic oxidation sites excluding steroid dienone is 1. The molecule has 4 heterocycles. The molecule has 1 aromatic carbocycles. The minimum atomic E-state index is -4.54. The first kappa shape index (κ1) is 30.0. The first-order valence-corrected chi connectivity index (χ1v) is 15.4. The SMILES string of the molecule is Cc1cc(Cc2nccn3c(C4=CCN=C4C(F)(F)F)cnc23)ccc1C(=O)N1CCN(C(=O)CC2CCC(C)CC2)CC1. The highest BCUT2D eigenvalue weighted by Crippen LogP contribution is 2.33. The fraction of sp³-hybridized carbons (Fsp3) is 0.485. The number of carbonyl (C=O) groups excluding carboxylic acids is 2. The predicted octanol–water partition coefficient (Wildman–Crippen LogP) is 5.53. The molecule has 0 N–H and O–H groups in total. The molecule has 0 spiro atoms. The van der Waals surface area contributed by atoms with Crippen LogP contribution in [-0.2, 0) is 11.2 Å². The second-order valence-corrected chi connectivity index (χ2v) is 12.3. The summed E-state index contributed by atoms with van der Waals surface area (Å²) in [6.07, 6.45) is 7.18. The maximum atomic E-state index is 13.5. The highest BCUT2D eigenvalue weighted by molar-refractivity contribution is 6.27. The molecule has 11 heteroatoms. The van der Waals surface area contributed by atoms with Crippen LogP contribution in [0.4, 0.5) is 13.2 Å². The maximum Gasteiger partial charge on any atom is 0.433 e. The lowest BCUT2D eigenvalue weighted by molar-refractivity contribution is -0.134. The Hall–Kier alpha value is -4.02. The molecule has 8 nitrogen and oxygen atoms in total. The van der Waals surface area contributed by atoms with Gasteiger partial charge in [-0.15, -0.1) is 0 Å². The first-order valence-electron chi connectivity index (χ1n) is 15.4. The van der Waals surface area contributed by atoms with E-state index in [0.717, 1.165) is 29.9 Å². The lowest BCUT2D eigenvalue weighted by Crippen LogP contribution is -2.51. The Morgan fingerprint density at radius 2 is 1.73 bits per heavy atom. The van der Waals surface area contributed by atoms with Crippen LogP contribution in [0.3, 0.4) is 0 Å². The predicted molar refractivity (Wildman–Crippen MR) is 162 cm³/mol. The van der Waals surface area contributed by atoms with Gasteiger partial charge in [-0.05, 0) is 48.8 Å². The highest BCUT2D eigenvalue weighted by atomic mass is 19.4. The minimum absolute atomic E-state index is 0.0185. The van der Waals surface area contributed by atoms with Gasteiger partial charge in [0.2, 0.25) is 5.91 Å². The van der Waals surface area contributed by atoms with E-state index in [0.29, 0.717) is 67.5 Å². The number of imidazole rings is 1. The van der Waals surface area contributed by atoms with E-state index in [4.69, 9.17) is 0 Å². The summed E-state index contributed by atoms with van der Waals surface area (Å²) in [7, 11) is 0. The van der Waals surface area contributed by atoms with Crippen molar-refractivity contribution in [3.8, 4) is 0 Å². The van der Waals surface area contributed by atoms with Crippen LogP contribution in [-0.4, -0.2) is 80.6 Å². The zero-order chi connectivity index (χ0) is 31.0. The van der Waals surface area contributed by atoms with Crippen molar-refractivity contribution in [3.63, 3.8) is 0 Å². The number of hydrogen-bond acceptors (Lipinski definition) is 5. The molecule has 2 aliphatic heterocycles. The molecular formula is C33H37F3N6O2. The first-order chi connectivity index (χ1) is 21.1. The Morgan fingerprint density at radius 1 is 1.00 bits per heavy atom. The van der Waals surface area contributed by atoms with Crippen molar-refractivity contribution >= 4 is 28.7 Å². The summed E-state index contributed by atoms with van der Waals surface area (Å²) in [5, 5.41) is 0. The van der Waals surface area contributed by atoms with Crippen molar-refractivity contribution in [2.45, 2.75) is 58.5 Å². The Labute approximate surface area is 254 Å². The Balaban J connectivity index is 1.09. The molecule has 232 valence electrons. The number of aliphatic imine (C=N–C) groups is 1. The summed E-state index contributed by atoms with van der Waals surface area (Å²) < 4.78 is 42.1. The van der Waals surface area contributed by atoms with Crippen LogP contribution in [0.5, 0.6) is 0 Å². The molecule has 3 aliphatic rings. The van der Waals surface area contributed by atoms with E-state index in [9.17, 15) is 22.8 Å². The molecule has 1 saturated carbocycles. The fourth-order valence-electron chi connectivity index (χ4n) is 6.68. The summed E-state index contributed by atoms with van der Waals surface area (Å²) in [6, 6.07) is 5.65. The van der Waals surface area contributed by atoms with E-state index < -0.39 is 11.9 Å². The zero-order valence-electron chi connectivity index (χ0n) is 25.1. The van der Waals surface area contributed by atoms with E-state index in [1.165, 1.54) is 25.1 Å². The standard InChI is InChI=1S/C33H37F3N6O2/c1-21-3-5-23(6-4-21)19-29(43)40-13-15-41(16-14-40)32(44)25-8-7-24(17-22(25)2)18-27-31-39-20-28(42(31)12-11-37-27)26-9-10-38-30(26)33(34,35)36/h7-9,11-12,17,20-21,23H,3-6,10,13-16,18-19H2,1-2H3. The van der Waals surface area contributed by atoms with Gasteiger partial charge >= 0.3 is 6.18 Å². The number of aromatic nitrogens is 3. The van der Waals surface area contributed by atoms with Crippen molar-refractivity contribution in [3.05, 3.63) is 70.9 Å². The quantitative estimate of drug-likeness (QED) is 0.370. The normalized spacial score (nSPS) is 21.0. The third kappa shape index (κ3) is 6.14. The second kappa shape index (κ2) is 12.2. The number of amides is 2. The maximum absolute atomic E-state index is 13.5. The Kier molecular flexibility index (Phi) is 8.30. The minimum Gasteiger partial charge on any atom is -0.339 e. The number of carbonyl (C=O) groups is 2. The molecule has 0 unspecified atom stereocenters. The van der Waals surface area contributed by atoms with Crippen LogP contribution < -0.4 is 0 Å². The summed E-state index contributed by atoms with van der Waals surface area (Å²) in [6.45, 7) is 6.29. The van der Waals surface area contributed by atoms with E-state index in [1.54, 1.807) is 16.8 Å². The van der Waals surface area contributed by atoms with Gasteiger partial charge in [0, 0.05) is 62.6 Å². The van der Waals surface area contributed by atoms with Crippen LogP contribution in [0.25, 0.3) is 11.2 Å². The second-order valence-electron chi connectivity index (χ2n) is 12.3. The zero-order valence-corrected chi connectivity index (χ0v) is 25.1. The van der Waals surface area contributed by atoms with E-state index in [-0.39, 0.29) is 23.9 Å². The van der Waals surface area contributed by atoms with E-state index >= 15 is 0 Å². The number of fused-ring (bicyclic) bond motifs is 1. The van der Waals surface area contributed by atoms with Gasteiger partial charge in [0.15, 0.2) is 5.65 Å². The Bertz CT molecular complexity index is 1630. The van der Waals surface area contributed by atoms with Crippen molar-refractivity contribution in [1.29, 1.82) is 0 Å². The Morgan fingerprint density at radius 3 is 2.43 bits per heavy atom. The average molecular weight is 607 g/mol. The van der Waals surface area contributed by atoms with Gasteiger partial charge in [0.25, 0.3) is 5.91 Å². The van der Waals surface area contributed by atoms with Crippen LogP contribution in [0.1, 0.15) is 71.9 Å². The molecule has 6 rings (SSSR count). The smallest absolute Gasteiger partial charge is 0.339 e. The van der Waals surface area contributed by atoms with Gasteiger partial charge in [0.05, 0.1) is 24.1 Å². The molecule has 0 radical (unpaired) electrons. The molecule has 2 fully saturated rings. The number of rotatable bonds is 6. The molecule has 44 heavy (non-hydrogen) atoms. The topological polar surface area (TPSA) is 83.2 Å². The van der Waals surface area contributed by atoms with Gasteiger partial charge in [-0.2, -0.15) is 13.2 Å². The average Bonchev–Trinajstić information content (AvgIpc) is 3.66. The van der Waals surface area contributed by atoms with Gasteiger partial charge in [0.1, 0.15) is 5.71 Å². The molecule has 1 saturated heterocycles. The monoisotopic (exact) mass is 606 g/mol. The summed E-state index contributed by atoms with van der Waals surface area (Å²) in [5.41, 5.74) is 2.89. The van der Waals surface area contributed by atoms with E-state index in [2.05, 4.69) is 21.9 Å². The third-order valence-electron chi connectivity index (χ3n) is 9.26. The van der Waals surface area contributed by atoms with Crippen molar-refractivity contribution in [2.75, 3.05) is 32.7 Å². The van der Waals surface area contributed by atoms with E-state index in [1.807, 2.05) is 34.9 Å². The number of halogens is 3. The number of benzene rings is 1. The molecule has 1 aliphatic carbocycles. The molecule has 2 aromatic heterocycles. The third-order valence-corrected chi connectivity index (χ3v) is 9.26. The summed E-state index contributed by atoms with van der Waals surface area (Å²) in [5.74, 6) is 1.41.